The second-order valence-corrected chi connectivity index (χ2v) is 7.58. The zero-order chi connectivity index (χ0) is 20.6. The SMILES string of the molecule is CCNC(=NCCOc1ccc(F)cc1F)NC1CCN(C(=O)C2CCCC2)C1. The van der Waals surface area contributed by atoms with Gasteiger partial charge in [0.05, 0.1) is 6.54 Å². The fourth-order valence-electron chi connectivity index (χ4n) is 3.93. The first kappa shape index (κ1) is 21.3. The highest BCUT2D eigenvalue weighted by Gasteiger charge is 2.32. The Kier molecular flexibility index (Phi) is 7.66. The second-order valence-electron chi connectivity index (χ2n) is 7.58. The van der Waals surface area contributed by atoms with Crippen molar-refractivity contribution in [2.75, 3.05) is 32.8 Å². The third kappa shape index (κ3) is 6.05. The molecule has 0 radical (unpaired) electrons. The lowest BCUT2D eigenvalue weighted by Gasteiger charge is -2.21. The molecule has 1 amide bonds. The minimum absolute atomic E-state index is 0.0106. The minimum atomic E-state index is -0.725. The molecule has 1 saturated heterocycles. The van der Waals surface area contributed by atoms with Crippen LogP contribution in [0.4, 0.5) is 8.78 Å². The molecule has 0 spiro atoms. The lowest BCUT2D eigenvalue weighted by Crippen LogP contribution is -2.45. The summed E-state index contributed by atoms with van der Waals surface area (Å²) in [6.07, 6.45) is 5.25. The summed E-state index contributed by atoms with van der Waals surface area (Å²) in [7, 11) is 0. The van der Waals surface area contributed by atoms with Gasteiger partial charge in [0.2, 0.25) is 5.91 Å². The summed E-state index contributed by atoms with van der Waals surface area (Å²) in [6.45, 7) is 4.65. The average Bonchev–Trinajstić information content (AvgIpc) is 3.38. The van der Waals surface area contributed by atoms with E-state index in [-0.39, 0.29) is 24.3 Å². The topological polar surface area (TPSA) is 66.0 Å². The second kappa shape index (κ2) is 10.4. The first-order valence-corrected chi connectivity index (χ1v) is 10.5. The molecule has 160 valence electrons. The Bertz CT molecular complexity index is 723. The molecule has 0 aromatic heterocycles. The molecule has 1 aromatic rings. The average molecular weight is 408 g/mol. The Morgan fingerprint density at radius 1 is 1.28 bits per heavy atom. The van der Waals surface area contributed by atoms with Crippen LogP contribution >= 0.6 is 0 Å². The van der Waals surface area contributed by atoms with Crippen molar-refractivity contribution in [3.8, 4) is 5.75 Å². The molecule has 1 atom stereocenters. The van der Waals surface area contributed by atoms with E-state index in [2.05, 4.69) is 15.6 Å². The van der Waals surface area contributed by atoms with Crippen LogP contribution < -0.4 is 15.4 Å². The Balaban J connectivity index is 1.46. The van der Waals surface area contributed by atoms with Crippen molar-refractivity contribution in [3.05, 3.63) is 29.8 Å². The summed E-state index contributed by atoms with van der Waals surface area (Å²) in [5.74, 6) is -0.198. The van der Waals surface area contributed by atoms with Crippen LogP contribution in [0.15, 0.2) is 23.2 Å². The molecule has 1 aromatic carbocycles. The van der Waals surface area contributed by atoms with E-state index in [1.807, 2.05) is 11.8 Å². The Morgan fingerprint density at radius 3 is 2.79 bits per heavy atom. The predicted octanol–water partition coefficient (Wildman–Crippen LogP) is 2.69. The predicted molar refractivity (Wildman–Crippen MR) is 108 cm³/mol. The maximum Gasteiger partial charge on any atom is 0.225 e. The van der Waals surface area contributed by atoms with Crippen molar-refractivity contribution < 1.29 is 18.3 Å². The normalized spacial score (nSPS) is 20.2. The number of amides is 1. The van der Waals surface area contributed by atoms with Crippen LogP contribution in [0.3, 0.4) is 0 Å². The minimum Gasteiger partial charge on any atom is -0.489 e. The standard InChI is InChI=1S/C21H30F2N4O2/c1-2-24-21(25-10-12-29-19-8-7-16(22)13-18(19)23)26-17-9-11-27(14-17)20(28)15-5-3-4-6-15/h7-8,13,15,17H,2-6,9-12,14H2,1H3,(H2,24,25,26). The van der Waals surface area contributed by atoms with Crippen molar-refractivity contribution in [1.29, 1.82) is 0 Å². The summed E-state index contributed by atoms with van der Waals surface area (Å²) in [4.78, 5) is 19.0. The number of rotatable bonds is 7. The quantitative estimate of drug-likeness (QED) is 0.414. The number of guanidine groups is 1. The van der Waals surface area contributed by atoms with E-state index in [1.54, 1.807) is 0 Å². The fourth-order valence-corrected chi connectivity index (χ4v) is 3.93. The number of nitrogens with one attached hydrogen (secondary N) is 2. The van der Waals surface area contributed by atoms with Gasteiger partial charge in [-0.2, -0.15) is 0 Å². The highest BCUT2D eigenvalue weighted by molar-refractivity contribution is 5.81. The lowest BCUT2D eigenvalue weighted by atomic mass is 10.1. The van der Waals surface area contributed by atoms with Gasteiger partial charge in [0.1, 0.15) is 12.4 Å². The monoisotopic (exact) mass is 408 g/mol. The molecule has 1 saturated carbocycles. The summed E-state index contributed by atoms with van der Waals surface area (Å²) < 4.78 is 31.8. The summed E-state index contributed by atoms with van der Waals surface area (Å²) in [5, 5.41) is 6.56. The van der Waals surface area contributed by atoms with Gasteiger partial charge in [0.25, 0.3) is 0 Å². The van der Waals surface area contributed by atoms with Gasteiger partial charge in [-0.3, -0.25) is 4.79 Å². The number of carbonyl (C=O) groups excluding carboxylic acids is 1. The van der Waals surface area contributed by atoms with Crippen LogP contribution in [0.1, 0.15) is 39.0 Å². The van der Waals surface area contributed by atoms with Crippen LogP contribution in [0.2, 0.25) is 0 Å². The Hall–Kier alpha value is -2.38. The van der Waals surface area contributed by atoms with E-state index in [0.29, 0.717) is 31.5 Å². The van der Waals surface area contributed by atoms with Crippen molar-refractivity contribution >= 4 is 11.9 Å². The van der Waals surface area contributed by atoms with Crippen molar-refractivity contribution in [2.45, 2.75) is 45.1 Å². The molecule has 8 heteroatoms. The molecule has 1 aliphatic heterocycles. The van der Waals surface area contributed by atoms with E-state index in [9.17, 15) is 13.6 Å². The number of hydrogen-bond donors (Lipinski definition) is 2. The number of halogens is 2. The van der Waals surface area contributed by atoms with Gasteiger partial charge in [-0.15, -0.1) is 0 Å². The van der Waals surface area contributed by atoms with Gasteiger partial charge in [-0.1, -0.05) is 12.8 Å². The van der Waals surface area contributed by atoms with Crippen LogP contribution in [-0.2, 0) is 4.79 Å². The van der Waals surface area contributed by atoms with Crippen molar-refractivity contribution in [1.82, 2.24) is 15.5 Å². The summed E-state index contributed by atoms with van der Waals surface area (Å²) >= 11 is 0. The lowest BCUT2D eigenvalue weighted by molar-refractivity contribution is -0.134. The van der Waals surface area contributed by atoms with E-state index < -0.39 is 11.6 Å². The number of hydrogen-bond acceptors (Lipinski definition) is 3. The Morgan fingerprint density at radius 2 is 2.07 bits per heavy atom. The number of aliphatic imine (C=N–C) groups is 1. The molecule has 2 N–H and O–H groups in total. The fraction of sp³-hybridized carbons (Fsp3) is 0.619. The molecular weight excluding hydrogens is 378 g/mol. The molecule has 1 heterocycles. The van der Waals surface area contributed by atoms with Gasteiger partial charge in [-0.25, -0.2) is 13.8 Å². The molecular formula is C21H30F2N4O2. The molecule has 2 aliphatic rings. The third-order valence-electron chi connectivity index (χ3n) is 5.40. The molecule has 1 aliphatic carbocycles. The zero-order valence-electron chi connectivity index (χ0n) is 16.9. The number of carbonyl (C=O) groups is 1. The van der Waals surface area contributed by atoms with Crippen LogP contribution in [-0.4, -0.2) is 55.6 Å². The number of ether oxygens (including phenoxy) is 1. The number of nitrogens with zero attached hydrogens (tertiary/aromatic N) is 2. The Labute approximate surface area is 170 Å². The highest BCUT2D eigenvalue weighted by atomic mass is 19.1. The molecule has 2 fully saturated rings. The molecule has 6 nitrogen and oxygen atoms in total. The zero-order valence-corrected chi connectivity index (χ0v) is 16.9. The van der Waals surface area contributed by atoms with E-state index in [1.165, 1.54) is 6.07 Å². The van der Waals surface area contributed by atoms with E-state index in [4.69, 9.17) is 4.74 Å². The maximum absolute atomic E-state index is 13.6. The van der Waals surface area contributed by atoms with Gasteiger partial charge < -0.3 is 20.3 Å². The number of benzene rings is 1. The number of likely N-dealkylation sites (tertiary alicyclic amines) is 1. The third-order valence-corrected chi connectivity index (χ3v) is 5.40. The van der Waals surface area contributed by atoms with Crippen LogP contribution in [0, 0.1) is 17.6 Å². The molecule has 29 heavy (non-hydrogen) atoms. The van der Waals surface area contributed by atoms with Gasteiger partial charge >= 0.3 is 0 Å². The highest BCUT2D eigenvalue weighted by Crippen LogP contribution is 2.27. The van der Waals surface area contributed by atoms with Gasteiger partial charge in [0.15, 0.2) is 17.5 Å². The van der Waals surface area contributed by atoms with Crippen LogP contribution in [0.25, 0.3) is 0 Å². The maximum atomic E-state index is 13.6. The summed E-state index contributed by atoms with van der Waals surface area (Å²) in [5.41, 5.74) is 0. The first-order valence-electron chi connectivity index (χ1n) is 10.5. The molecule has 0 bridgehead atoms. The smallest absolute Gasteiger partial charge is 0.225 e. The molecule has 3 rings (SSSR count). The van der Waals surface area contributed by atoms with Gasteiger partial charge in [0, 0.05) is 37.7 Å². The van der Waals surface area contributed by atoms with Crippen molar-refractivity contribution in [3.63, 3.8) is 0 Å². The summed E-state index contributed by atoms with van der Waals surface area (Å²) in [6, 6.07) is 3.38. The largest absolute Gasteiger partial charge is 0.489 e. The first-order chi connectivity index (χ1) is 14.1. The molecule has 1 unspecified atom stereocenters. The van der Waals surface area contributed by atoms with E-state index in [0.717, 1.165) is 50.8 Å². The van der Waals surface area contributed by atoms with Gasteiger partial charge in [-0.05, 0) is 38.3 Å². The van der Waals surface area contributed by atoms with Crippen LogP contribution in [0.5, 0.6) is 5.75 Å². The van der Waals surface area contributed by atoms with Crippen molar-refractivity contribution in [2.24, 2.45) is 10.9 Å². The van der Waals surface area contributed by atoms with E-state index >= 15 is 0 Å².